The third kappa shape index (κ3) is 5.56. The van der Waals surface area contributed by atoms with Gasteiger partial charge in [0, 0.05) is 63.0 Å². The van der Waals surface area contributed by atoms with Crippen LogP contribution < -0.4 is 4.90 Å². The number of hydrogen-bond donors (Lipinski definition) is 1. The summed E-state index contributed by atoms with van der Waals surface area (Å²) < 4.78 is 53.3. The molecule has 0 spiro atoms. The van der Waals surface area contributed by atoms with Crippen molar-refractivity contribution in [3.8, 4) is 0 Å². The average Bonchev–Trinajstić information content (AvgIpc) is 3.24. The molecule has 2 fully saturated rings. The number of anilines is 1. The molecule has 0 amide bonds. The molecule has 2 aliphatic heterocycles. The van der Waals surface area contributed by atoms with Gasteiger partial charge in [0.2, 0.25) is 0 Å². The van der Waals surface area contributed by atoms with E-state index in [-0.39, 0.29) is 24.3 Å². The zero-order chi connectivity index (χ0) is 24.5. The molecule has 4 nitrogen and oxygen atoms in total. The molecule has 2 saturated heterocycles. The van der Waals surface area contributed by atoms with Crippen molar-refractivity contribution in [2.45, 2.75) is 31.5 Å². The van der Waals surface area contributed by atoms with Crippen molar-refractivity contribution in [1.29, 1.82) is 0 Å². The van der Waals surface area contributed by atoms with E-state index in [2.05, 4.69) is 14.7 Å². The van der Waals surface area contributed by atoms with Crippen LogP contribution in [0.3, 0.4) is 0 Å². The highest BCUT2D eigenvalue weighted by Crippen LogP contribution is 2.39. The molecule has 0 aliphatic carbocycles. The van der Waals surface area contributed by atoms with Gasteiger partial charge in [-0.05, 0) is 55.7 Å². The van der Waals surface area contributed by atoms with E-state index in [9.17, 15) is 22.7 Å². The van der Waals surface area contributed by atoms with Crippen molar-refractivity contribution in [3.63, 3.8) is 0 Å². The lowest BCUT2D eigenvalue weighted by Gasteiger charge is -2.38. The Balaban J connectivity index is 1.48. The third-order valence-corrected chi connectivity index (χ3v) is 7.38. The van der Waals surface area contributed by atoms with E-state index in [4.69, 9.17) is 0 Å². The lowest BCUT2D eigenvalue weighted by molar-refractivity contribution is -0.137. The van der Waals surface area contributed by atoms with Gasteiger partial charge in [-0.25, -0.2) is 4.39 Å². The minimum atomic E-state index is -4.37. The third-order valence-electron chi connectivity index (χ3n) is 7.38. The fourth-order valence-electron chi connectivity index (χ4n) is 5.15. The highest BCUT2D eigenvalue weighted by Gasteiger charge is 2.41. The fraction of sp³-hybridized carbons (Fsp3) is 0.538. The zero-order valence-electron chi connectivity index (χ0n) is 19.7. The predicted octanol–water partition coefficient (Wildman–Crippen LogP) is 4.45. The number of likely N-dealkylation sites (tertiary alicyclic amines) is 1. The standard InChI is InChI=1S/C26H33F4N3O/c1-25(2,18-34)33-16-20(24(17-33)19-4-3-5-21(14-19)26(28,29)30)15-31-10-12-32(13-11-31)23-8-6-22(27)7-9-23/h3-9,14,20,24,34H,10-13,15-18H2,1-2H3. The Morgan fingerprint density at radius 1 is 0.941 bits per heavy atom. The first-order valence-corrected chi connectivity index (χ1v) is 11.8. The van der Waals surface area contributed by atoms with Gasteiger partial charge in [0.05, 0.1) is 12.2 Å². The van der Waals surface area contributed by atoms with Crippen LogP contribution in [0.25, 0.3) is 0 Å². The van der Waals surface area contributed by atoms with Crippen LogP contribution in [0.1, 0.15) is 30.9 Å². The van der Waals surface area contributed by atoms with Crippen LogP contribution in [-0.4, -0.2) is 72.9 Å². The number of alkyl halides is 3. The van der Waals surface area contributed by atoms with Crippen LogP contribution in [-0.2, 0) is 6.18 Å². The first kappa shape index (κ1) is 24.9. The highest BCUT2D eigenvalue weighted by molar-refractivity contribution is 5.46. The quantitative estimate of drug-likeness (QED) is 0.620. The number of piperazine rings is 1. The smallest absolute Gasteiger partial charge is 0.394 e. The second-order valence-electron chi connectivity index (χ2n) is 10.1. The SMILES string of the molecule is CC(C)(CO)N1CC(CN2CCN(c3ccc(F)cc3)CC2)C(c2cccc(C(F)(F)F)c2)C1. The molecule has 4 rings (SSSR count). The van der Waals surface area contributed by atoms with Crippen LogP contribution in [0.4, 0.5) is 23.2 Å². The minimum absolute atomic E-state index is 0.00856. The molecule has 2 aliphatic rings. The Morgan fingerprint density at radius 2 is 1.62 bits per heavy atom. The summed E-state index contributed by atoms with van der Waals surface area (Å²) in [5.74, 6) is -0.130. The van der Waals surface area contributed by atoms with Crippen molar-refractivity contribution in [2.24, 2.45) is 5.92 Å². The van der Waals surface area contributed by atoms with Crippen LogP contribution in [0.15, 0.2) is 48.5 Å². The van der Waals surface area contributed by atoms with Gasteiger partial charge in [-0.2, -0.15) is 13.2 Å². The van der Waals surface area contributed by atoms with Crippen LogP contribution >= 0.6 is 0 Å². The Labute approximate surface area is 198 Å². The van der Waals surface area contributed by atoms with Gasteiger partial charge in [-0.1, -0.05) is 18.2 Å². The van der Waals surface area contributed by atoms with E-state index < -0.39 is 17.3 Å². The predicted molar refractivity (Wildman–Crippen MR) is 125 cm³/mol. The summed E-state index contributed by atoms with van der Waals surface area (Å²) in [5, 5.41) is 9.89. The first-order valence-electron chi connectivity index (χ1n) is 11.8. The maximum Gasteiger partial charge on any atom is 0.416 e. The molecule has 186 valence electrons. The minimum Gasteiger partial charge on any atom is -0.394 e. The fourth-order valence-corrected chi connectivity index (χ4v) is 5.15. The molecule has 0 saturated carbocycles. The first-order chi connectivity index (χ1) is 16.1. The van der Waals surface area contributed by atoms with E-state index in [1.807, 2.05) is 13.8 Å². The largest absolute Gasteiger partial charge is 0.416 e. The number of aliphatic hydroxyl groups is 1. The molecule has 8 heteroatoms. The number of halogens is 4. The average molecular weight is 480 g/mol. The van der Waals surface area contributed by atoms with E-state index in [0.29, 0.717) is 12.1 Å². The molecule has 0 radical (unpaired) electrons. The van der Waals surface area contributed by atoms with Gasteiger partial charge < -0.3 is 10.0 Å². The number of aliphatic hydroxyl groups excluding tert-OH is 1. The van der Waals surface area contributed by atoms with E-state index >= 15 is 0 Å². The van der Waals surface area contributed by atoms with Gasteiger partial charge in [0.25, 0.3) is 0 Å². The summed E-state index contributed by atoms with van der Waals surface area (Å²) in [6.07, 6.45) is -4.37. The van der Waals surface area contributed by atoms with Crippen molar-refractivity contribution in [2.75, 3.05) is 57.3 Å². The van der Waals surface area contributed by atoms with Gasteiger partial charge in [0.1, 0.15) is 5.82 Å². The van der Waals surface area contributed by atoms with Gasteiger partial charge in [0.15, 0.2) is 0 Å². The molecule has 2 atom stereocenters. The zero-order valence-corrected chi connectivity index (χ0v) is 19.7. The molecule has 0 bridgehead atoms. The summed E-state index contributed by atoms with van der Waals surface area (Å²) in [6.45, 7) is 9.39. The molecule has 2 heterocycles. The second-order valence-corrected chi connectivity index (χ2v) is 10.1. The molecule has 0 aromatic heterocycles. The van der Waals surface area contributed by atoms with Crippen molar-refractivity contribution in [3.05, 3.63) is 65.5 Å². The maximum absolute atomic E-state index is 13.4. The molecule has 1 N–H and O–H groups in total. The topological polar surface area (TPSA) is 30.0 Å². The van der Waals surface area contributed by atoms with Crippen LogP contribution in [0.2, 0.25) is 0 Å². The number of rotatable bonds is 6. The highest BCUT2D eigenvalue weighted by atomic mass is 19.4. The summed E-state index contributed by atoms with van der Waals surface area (Å²) in [4.78, 5) is 6.81. The molecule has 2 unspecified atom stereocenters. The monoisotopic (exact) mass is 479 g/mol. The summed E-state index contributed by atoms with van der Waals surface area (Å²) in [6, 6.07) is 12.2. The van der Waals surface area contributed by atoms with Gasteiger partial charge >= 0.3 is 6.18 Å². The van der Waals surface area contributed by atoms with E-state index in [0.717, 1.165) is 51.0 Å². The van der Waals surface area contributed by atoms with E-state index in [1.54, 1.807) is 18.2 Å². The van der Waals surface area contributed by atoms with Crippen LogP contribution in [0.5, 0.6) is 0 Å². The van der Waals surface area contributed by atoms with Gasteiger partial charge in [-0.15, -0.1) is 0 Å². The van der Waals surface area contributed by atoms with Crippen molar-refractivity contribution >= 4 is 5.69 Å². The normalized spacial score (nSPS) is 23.0. The van der Waals surface area contributed by atoms with Crippen molar-refractivity contribution < 1.29 is 22.7 Å². The molecular formula is C26H33F4N3O. The second kappa shape index (κ2) is 9.84. The Hall–Kier alpha value is -2.16. The number of hydrogen-bond acceptors (Lipinski definition) is 4. The van der Waals surface area contributed by atoms with Crippen molar-refractivity contribution in [1.82, 2.24) is 9.80 Å². The van der Waals surface area contributed by atoms with Crippen LogP contribution in [0, 0.1) is 11.7 Å². The Bertz CT molecular complexity index is 955. The summed E-state index contributed by atoms with van der Waals surface area (Å²) in [5.41, 5.74) is 0.660. The summed E-state index contributed by atoms with van der Waals surface area (Å²) >= 11 is 0. The molecule has 34 heavy (non-hydrogen) atoms. The molecule has 2 aromatic carbocycles. The lowest BCUT2D eigenvalue weighted by Crippen LogP contribution is -2.49. The molecular weight excluding hydrogens is 446 g/mol. The number of nitrogens with zero attached hydrogens (tertiary/aromatic N) is 3. The van der Waals surface area contributed by atoms with Gasteiger partial charge in [-0.3, -0.25) is 9.80 Å². The lowest BCUT2D eigenvalue weighted by atomic mass is 9.87. The van der Waals surface area contributed by atoms with E-state index in [1.165, 1.54) is 24.3 Å². The molecule has 2 aromatic rings. The number of benzene rings is 2. The summed E-state index contributed by atoms with van der Waals surface area (Å²) in [7, 11) is 0. The Morgan fingerprint density at radius 3 is 2.24 bits per heavy atom. The Kier molecular flexibility index (Phi) is 7.22. The maximum atomic E-state index is 13.4.